The van der Waals surface area contributed by atoms with Crippen LogP contribution in [0, 0.1) is 0 Å². The van der Waals surface area contributed by atoms with Crippen molar-refractivity contribution < 1.29 is 0 Å². The average molecular weight is 338 g/mol. The van der Waals surface area contributed by atoms with Crippen molar-refractivity contribution in [2.75, 3.05) is 5.75 Å². The van der Waals surface area contributed by atoms with E-state index in [2.05, 4.69) is 11.9 Å². The van der Waals surface area contributed by atoms with Crippen molar-refractivity contribution in [2.45, 2.75) is 50.6 Å². The minimum atomic E-state index is -0.340. The Morgan fingerprint density at radius 3 is 2.26 bits per heavy atom. The SMILES string of the molecule is CCCCCCCCSc1nc2c(c(=O)n(C)c(=O)n2C)n1C. The first kappa shape index (κ1) is 17.8. The summed E-state index contributed by atoms with van der Waals surface area (Å²) in [5.74, 6) is 0.984. The Morgan fingerprint density at radius 2 is 1.57 bits per heavy atom. The second kappa shape index (κ2) is 7.86. The number of nitrogens with zero attached hydrogens (tertiary/aromatic N) is 4. The summed E-state index contributed by atoms with van der Waals surface area (Å²) in [6, 6.07) is 0. The van der Waals surface area contributed by atoms with Gasteiger partial charge in [0.15, 0.2) is 16.3 Å². The lowest BCUT2D eigenvalue weighted by molar-refractivity contribution is 0.626. The molecular formula is C16H26N4O2S. The quantitative estimate of drug-likeness (QED) is 0.548. The Hall–Kier alpha value is -1.50. The van der Waals surface area contributed by atoms with Crippen molar-refractivity contribution in [3.63, 3.8) is 0 Å². The van der Waals surface area contributed by atoms with Crippen molar-refractivity contribution in [3.05, 3.63) is 20.8 Å². The smallest absolute Gasteiger partial charge is 0.316 e. The van der Waals surface area contributed by atoms with E-state index >= 15 is 0 Å². The Kier molecular flexibility index (Phi) is 6.10. The number of imidazole rings is 1. The highest BCUT2D eigenvalue weighted by molar-refractivity contribution is 7.99. The number of hydrogen-bond donors (Lipinski definition) is 0. The number of fused-ring (bicyclic) bond motifs is 1. The van der Waals surface area contributed by atoms with Gasteiger partial charge in [-0.15, -0.1) is 0 Å². The fourth-order valence-corrected chi connectivity index (χ4v) is 3.64. The fraction of sp³-hybridized carbons (Fsp3) is 0.688. The molecule has 23 heavy (non-hydrogen) atoms. The molecule has 0 atom stereocenters. The number of hydrogen-bond acceptors (Lipinski definition) is 4. The number of thioether (sulfide) groups is 1. The summed E-state index contributed by atoms with van der Waals surface area (Å²) in [5, 5.41) is 0.798. The van der Waals surface area contributed by atoms with Gasteiger partial charge < -0.3 is 4.57 Å². The van der Waals surface area contributed by atoms with E-state index < -0.39 is 0 Å². The second-order valence-corrected chi connectivity index (χ2v) is 7.01. The summed E-state index contributed by atoms with van der Waals surface area (Å²) in [6.07, 6.45) is 7.56. The molecule has 0 saturated carbocycles. The zero-order valence-electron chi connectivity index (χ0n) is 14.5. The molecule has 0 aliphatic heterocycles. The van der Waals surface area contributed by atoms with Gasteiger partial charge in [0.05, 0.1) is 0 Å². The van der Waals surface area contributed by atoms with E-state index in [0.717, 1.165) is 21.9 Å². The van der Waals surface area contributed by atoms with E-state index in [1.54, 1.807) is 23.4 Å². The van der Waals surface area contributed by atoms with Crippen molar-refractivity contribution in [1.82, 2.24) is 18.7 Å². The lowest BCUT2D eigenvalue weighted by atomic mass is 10.1. The largest absolute Gasteiger partial charge is 0.332 e. The van der Waals surface area contributed by atoms with Gasteiger partial charge in [0.2, 0.25) is 0 Å². The molecular weight excluding hydrogens is 312 g/mol. The maximum atomic E-state index is 12.3. The van der Waals surface area contributed by atoms with Crippen LogP contribution in [0.3, 0.4) is 0 Å². The Bertz CT molecular complexity index is 788. The van der Waals surface area contributed by atoms with E-state index in [1.807, 2.05) is 7.05 Å². The monoisotopic (exact) mass is 338 g/mol. The first-order chi connectivity index (χ1) is 11.0. The lowest BCUT2D eigenvalue weighted by Gasteiger charge is -2.03. The molecule has 2 aromatic heterocycles. The van der Waals surface area contributed by atoms with Crippen LogP contribution in [-0.4, -0.2) is 24.4 Å². The van der Waals surface area contributed by atoms with Crippen molar-refractivity contribution in [1.29, 1.82) is 0 Å². The van der Waals surface area contributed by atoms with Crippen LogP contribution in [0.2, 0.25) is 0 Å². The van der Waals surface area contributed by atoms with Crippen molar-refractivity contribution >= 4 is 22.9 Å². The zero-order chi connectivity index (χ0) is 17.0. The van der Waals surface area contributed by atoms with Crippen LogP contribution < -0.4 is 11.2 Å². The lowest BCUT2D eigenvalue weighted by Crippen LogP contribution is -2.37. The second-order valence-electron chi connectivity index (χ2n) is 5.95. The fourth-order valence-electron chi connectivity index (χ4n) is 2.67. The minimum absolute atomic E-state index is 0.287. The summed E-state index contributed by atoms with van der Waals surface area (Å²) >= 11 is 1.65. The molecule has 0 N–H and O–H groups in total. The van der Waals surface area contributed by atoms with Crippen molar-refractivity contribution in [3.8, 4) is 0 Å². The molecule has 0 unspecified atom stereocenters. The molecule has 0 fully saturated rings. The molecule has 0 spiro atoms. The minimum Gasteiger partial charge on any atom is -0.316 e. The summed E-state index contributed by atoms with van der Waals surface area (Å²) < 4.78 is 4.37. The molecule has 7 heteroatoms. The Labute approximate surface area is 140 Å². The molecule has 0 saturated heterocycles. The van der Waals surface area contributed by atoms with Gasteiger partial charge in [-0.25, -0.2) is 9.78 Å². The predicted octanol–water partition coefficient (Wildman–Crippen LogP) is 2.42. The van der Waals surface area contributed by atoms with Crippen LogP contribution in [0.15, 0.2) is 14.7 Å². The van der Waals surface area contributed by atoms with Crippen molar-refractivity contribution in [2.24, 2.45) is 21.1 Å². The predicted molar refractivity (Wildman–Crippen MR) is 95.3 cm³/mol. The summed E-state index contributed by atoms with van der Waals surface area (Å²) in [7, 11) is 4.99. The molecule has 0 amide bonds. The van der Waals surface area contributed by atoms with E-state index in [0.29, 0.717) is 11.2 Å². The third-order valence-electron chi connectivity index (χ3n) is 4.16. The Morgan fingerprint density at radius 1 is 0.913 bits per heavy atom. The van der Waals surface area contributed by atoms with Gasteiger partial charge in [-0.1, -0.05) is 50.8 Å². The van der Waals surface area contributed by atoms with Crippen LogP contribution in [-0.2, 0) is 21.1 Å². The van der Waals surface area contributed by atoms with Gasteiger partial charge in [-0.05, 0) is 6.42 Å². The third kappa shape index (κ3) is 3.71. The molecule has 6 nitrogen and oxygen atoms in total. The molecule has 128 valence electrons. The van der Waals surface area contributed by atoms with Gasteiger partial charge in [-0.3, -0.25) is 13.9 Å². The Balaban J connectivity index is 2.10. The molecule has 0 bridgehead atoms. The highest BCUT2D eigenvalue weighted by Gasteiger charge is 2.16. The topological polar surface area (TPSA) is 61.8 Å². The molecule has 0 aliphatic rings. The van der Waals surface area contributed by atoms with Crippen LogP contribution in [0.5, 0.6) is 0 Å². The first-order valence-electron chi connectivity index (χ1n) is 8.24. The molecule has 2 aromatic rings. The van der Waals surface area contributed by atoms with Crippen LogP contribution >= 0.6 is 11.8 Å². The van der Waals surface area contributed by atoms with E-state index in [4.69, 9.17) is 0 Å². The summed E-state index contributed by atoms with van der Waals surface area (Å²) in [4.78, 5) is 28.8. The van der Waals surface area contributed by atoms with E-state index in [-0.39, 0.29) is 11.2 Å². The van der Waals surface area contributed by atoms with E-state index in [9.17, 15) is 9.59 Å². The van der Waals surface area contributed by atoms with Gasteiger partial charge >= 0.3 is 5.69 Å². The van der Waals surface area contributed by atoms with E-state index in [1.165, 1.54) is 43.7 Å². The van der Waals surface area contributed by atoms with Gasteiger partial charge in [0.25, 0.3) is 5.56 Å². The van der Waals surface area contributed by atoms with Gasteiger partial charge in [0, 0.05) is 26.9 Å². The third-order valence-corrected chi connectivity index (χ3v) is 5.28. The number of aromatic nitrogens is 4. The molecule has 0 radical (unpaired) electrons. The zero-order valence-corrected chi connectivity index (χ0v) is 15.3. The maximum Gasteiger partial charge on any atom is 0.332 e. The van der Waals surface area contributed by atoms with Crippen LogP contribution in [0.1, 0.15) is 45.4 Å². The molecule has 2 rings (SSSR count). The highest BCUT2D eigenvalue weighted by atomic mass is 32.2. The summed E-state index contributed by atoms with van der Waals surface area (Å²) in [6.45, 7) is 2.22. The summed E-state index contributed by atoms with van der Waals surface area (Å²) in [5.41, 5.74) is 0.323. The van der Waals surface area contributed by atoms with Crippen LogP contribution in [0.25, 0.3) is 11.2 Å². The first-order valence-corrected chi connectivity index (χ1v) is 9.22. The van der Waals surface area contributed by atoms with Gasteiger partial charge in [-0.2, -0.15) is 0 Å². The molecule has 2 heterocycles. The number of unbranched alkanes of at least 4 members (excludes halogenated alkanes) is 5. The van der Waals surface area contributed by atoms with Crippen LogP contribution in [0.4, 0.5) is 0 Å². The number of rotatable bonds is 8. The highest BCUT2D eigenvalue weighted by Crippen LogP contribution is 2.21. The maximum absolute atomic E-state index is 12.3. The molecule has 0 aliphatic carbocycles. The average Bonchev–Trinajstić information content (AvgIpc) is 2.87. The molecule has 0 aromatic carbocycles. The standard InChI is InChI=1S/C16H26N4O2S/c1-5-6-7-8-9-10-11-23-15-17-13-12(18(15)2)14(21)20(4)16(22)19(13)3/h5-11H2,1-4H3. The normalized spacial score (nSPS) is 11.5. The van der Waals surface area contributed by atoms with Gasteiger partial charge in [0.1, 0.15) is 0 Å². The number of aryl methyl sites for hydroxylation is 2.